The number of hydrogen-bond donors (Lipinski definition) is 0. The van der Waals surface area contributed by atoms with E-state index in [1.807, 2.05) is 0 Å². The molecule has 1 rings (SSSR count). The van der Waals surface area contributed by atoms with Gasteiger partial charge in [0.25, 0.3) is 0 Å². The second kappa shape index (κ2) is 7.90. The molecule has 1 aliphatic rings. The van der Waals surface area contributed by atoms with Gasteiger partial charge in [0.2, 0.25) is 0 Å². The van der Waals surface area contributed by atoms with Gasteiger partial charge in [-0.1, -0.05) is 51.9 Å². The Balaban J connectivity index is 1.89. The standard InChI is InChI=1S/C14H26O/c1-2-3-4-5-6-7-8-13-9-11-14(15)12-10-13/h13H,2-12H2,1H3. The van der Waals surface area contributed by atoms with Crippen LogP contribution in [0.1, 0.15) is 77.6 Å². The van der Waals surface area contributed by atoms with Crippen molar-refractivity contribution in [1.29, 1.82) is 0 Å². The van der Waals surface area contributed by atoms with Crippen molar-refractivity contribution in [3.05, 3.63) is 0 Å². The SMILES string of the molecule is CCCCCCCCC1CCC(=O)CC1. The van der Waals surface area contributed by atoms with Crippen molar-refractivity contribution in [2.24, 2.45) is 5.92 Å². The number of rotatable bonds is 7. The summed E-state index contributed by atoms with van der Waals surface area (Å²) in [5.41, 5.74) is 0. The van der Waals surface area contributed by atoms with Gasteiger partial charge in [-0.05, 0) is 18.8 Å². The van der Waals surface area contributed by atoms with E-state index in [4.69, 9.17) is 0 Å². The summed E-state index contributed by atoms with van der Waals surface area (Å²) in [7, 11) is 0. The lowest BCUT2D eigenvalue weighted by Gasteiger charge is -2.20. The van der Waals surface area contributed by atoms with Gasteiger partial charge in [-0.15, -0.1) is 0 Å². The van der Waals surface area contributed by atoms with Gasteiger partial charge in [0.15, 0.2) is 0 Å². The summed E-state index contributed by atoms with van der Waals surface area (Å²) in [6.07, 6.45) is 13.8. The summed E-state index contributed by atoms with van der Waals surface area (Å²) in [6, 6.07) is 0. The van der Waals surface area contributed by atoms with Gasteiger partial charge >= 0.3 is 0 Å². The molecule has 0 heterocycles. The first-order chi connectivity index (χ1) is 7.33. The van der Waals surface area contributed by atoms with Crippen molar-refractivity contribution in [3.63, 3.8) is 0 Å². The second-order valence-electron chi connectivity index (χ2n) is 5.04. The molecule has 0 bridgehead atoms. The van der Waals surface area contributed by atoms with Crippen LogP contribution in [-0.4, -0.2) is 5.78 Å². The maximum Gasteiger partial charge on any atom is 0.132 e. The van der Waals surface area contributed by atoms with Crippen molar-refractivity contribution < 1.29 is 4.79 Å². The molecule has 88 valence electrons. The summed E-state index contributed by atoms with van der Waals surface area (Å²) >= 11 is 0. The molecular weight excluding hydrogens is 184 g/mol. The van der Waals surface area contributed by atoms with E-state index >= 15 is 0 Å². The number of carbonyl (C=O) groups excluding carboxylic acids is 1. The van der Waals surface area contributed by atoms with E-state index in [9.17, 15) is 4.79 Å². The Bertz CT molecular complexity index is 164. The van der Waals surface area contributed by atoms with E-state index < -0.39 is 0 Å². The minimum atomic E-state index is 0.495. The Hall–Kier alpha value is -0.330. The molecule has 1 heteroatoms. The number of ketones is 1. The highest BCUT2D eigenvalue weighted by atomic mass is 16.1. The Kier molecular flexibility index (Phi) is 6.71. The van der Waals surface area contributed by atoms with Gasteiger partial charge < -0.3 is 0 Å². The van der Waals surface area contributed by atoms with Crippen LogP contribution in [0.15, 0.2) is 0 Å². The molecule has 1 saturated carbocycles. The Labute approximate surface area is 94.6 Å². The zero-order valence-corrected chi connectivity index (χ0v) is 10.3. The van der Waals surface area contributed by atoms with Crippen molar-refractivity contribution in [1.82, 2.24) is 0 Å². The molecule has 0 N–H and O–H groups in total. The molecule has 15 heavy (non-hydrogen) atoms. The van der Waals surface area contributed by atoms with Crippen LogP contribution in [0, 0.1) is 5.92 Å². The minimum Gasteiger partial charge on any atom is -0.300 e. The minimum absolute atomic E-state index is 0.495. The van der Waals surface area contributed by atoms with Gasteiger partial charge in [0.05, 0.1) is 0 Å². The predicted molar refractivity (Wildman–Crippen MR) is 65.0 cm³/mol. The molecule has 0 saturated heterocycles. The van der Waals surface area contributed by atoms with Crippen LogP contribution in [0.4, 0.5) is 0 Å². The Morgan fingerprint density at radius 2 is 1.60 bits per heavy atom. The number of hydrogen-bond acceptors (Lipinski definition) is 1. The van der Waals surface area contributed by atoms with Crippen LogP contribution in [0.5, 0.6) is 0 Å². The number of unbranched alkanes of at least 4 members (excludes halogenated alkanes) is 5. The van der Waals surface area contributed by atoms with Gasteiger partial charge in [0, 0.05) is 12.8 Å². The van der Waals surface area contributed by atoms with Crippen molar-refractivity contribution in [2.45, 2.75) is 77.6 Å². The first-order valence-electron chi connectivity index (χ1n) is 6.84. The van der Waals surface area contributed by atoms with E-state index in [1.165, 1.54) is 57.8 Å². The van der Waals surface area contributed by atoms with Gasteiger partial charge in [-0.2, -0.15) is 0 Å². The van der Waals surface area contributed by atoms with Crippen LogP contribution in [0.2, 0.25) is 0 Å². The van der Waals surface area contributed by atoms with E-state index in [1.54, 1.807) is 0 Å². The highest BCUT2D eigenvalue weighted by Gasteiger charge is 2.17. The third kappa shape index (κ3) is 5.96. The average molecular weight is 210 g/mol. The number of Topliss-reactive ketones (excluding diaryl/α,β-unsaturated/α-hetero) is 1. The van der Waals surface area contributed by atoms with Crippen LogP contribution in [0.3, 0.4) is 0 Å². The fourth-order valence-corrected chi connectivity index (χ4v) is 2.50. The molecule has 1 fully saturated rings. The molecule has 0 spiro atoms. The third-order valence-electron chi connectivity index (χ3n) is 3.63. The molecule has 1 nitrogen and oxygen atoms in total. The lowest BCUT2D eigenvalue weighted by atomic mass is 9.85. The van der Waals surface area contributed by atoms with Crippen LogP contribution >= 0.6 is 0 Å². The van der Waals surface area contributed by atoms with Crippen LogP contribution < -0.4 is 0 Å². The van der Waals surface area contributed by atoms with Gasteiger partial charge in [0.1, 0.15) is 5.78 Å². The van der Waals surface area contributed by atoms with Crippen LogP contribution in [0.25, 0.3) is 0 Å². The Morgan fingerprint density at radius 3 is 2.27 bits per heavy atom. The molecule has 0 aromatic rings. The first kappa shape index (κ1) is 12.7. The predicted octanol–water partition coefficient (Wildman–Crippen LogP) is 4.50. The lowest BCUT2D eigenvalue weighted by Crippen LogP contribution is -2.13. The quantitative estimate of drug-likeness (QED) is 0.566. The van der Waals surface area contributed by atoms with E-state index in [0.717, 1.165) is 18.8 Å². The fourth-order valence-electron chi connectivity index (χ4n) is 2.50. The van der Waals surface area contributed by atoms with E-state index in [2.05, 4.69) is 6.92 Å². The second-order valence-corrected chi connectivity index (χ2v) is 5.04. The van der Waals surface area contributed by atoms with E-state index in [0.29, 0.717) is 5.78 Å². The molecule has 1 aliphatic carbocycles. The largest absolute Gasteiger partial charge is 0.300 e. The van der Waals surface area contributed by atoms with Crippen LogP contribution in [-0.2, 0) is 4.79 Å². The Morgan fingerprint density at radius 1 is 1.00 bits per heavy atom. The lowest BCUT2D eigenvalue weighted by molar-refractivity contribution is -0.121. The van der Waals surface area contributed by atoms with Gasteiger partial charge in [-0.3, -0.25) is 4.79 Å². The molecular formula is C14H26O. The average Bonchev–Trinajstić information content (AvgIpc) is 2.26. The summed E-state index contributed by atoms with van der Waals surface area (Å²) in [4.78, 5) is 11.1. The molecule has 0 radical (unpaired) electrons. The molecule has 0 aromatic carbocycles. The van der Waals surface area contributed by atoms with Crippen molar-refractivity contribution in [2.75, 3.05) is 0 Å². The summed E-state index contributed by atoms with van der Waals surface area (Å²) in [5, 5.41) is 0. The molecule has 0 atom stereocenters. The topological polar surface area (TPSA) is 17.1 Å². The normalized spacial score (nSPS) is 18.3. The summed E-state index contributed by atoms with van der Waals surface area (Å²) in [5.74, 6) is 1.36. The fraction of sp³-hybridized carbons (Fsp3) is 0.929. The maximum atomic E-state index is 11.1. The number of carbonyl (C=O) groups is 1. The zero-order valence-electron chi connectivity index (χ0n) is 10.3. The molecule has 0 unspecified atom stereocenters. The van der Waals surface area contributed by atoms with Crippen molar-refractivity contribution in [3.8, 4) is 0 Å². The summed E-state index contributed by atoms with van der Waals surface area (Å²) < 4.78 is 0. The molecule has 0 amide bonds. The highest BCUT2D eigenvalue weighted by Crippen LogP contribution is 2.26. The maximum absolute atomic E-state index is 11.1. The zero-order chi connectivity index (χ0) is 10.9. The summed E-state index contributed by atoms with van der Waals surface area (Å²) in [6.45, 7) is 2.26. The molecule has 0 aliphatic heterocycles. The van der Waals surface area contributed by atoms with Crippen molar-refractivity contribution >= 4 is 5.78 Å². The highest BCUT2D eigenvalue weighted by molar-refractivity contribution is 5.78. The smallest absolute Gasteiger partial charge is 0.132 e. The van der Waals surface area contributed by atoms with Gasteiger partial charge in [-0.25, -0.2) is 0 Å². The monoisotopic (exact) mass is 210 g/mol. The van der Waals surface area contributed by atoms with E-state index in [-0.39, 0.29) is 0 Å². The molecule has 0 aromatic heterocycles. The first-order valence-corrected chi connectivity index (χ1v) is 6.84. The third-order valence-corrected chi connectivity index (χ3v) is 3.63.